The van der Waals surface area contributed by atoms with E-state index in [1.807, 2.05) is 52.6 Å². The molecule has 1 aliphatic carbocycles. The van der Waals surface area contributed by atoms with Gasteiger partial charge in [-0.25, -0.2) is 4.79 Å². The van der Waals surface area contributed by atoms with Gasteiger partial charge in [-0.15, -0.1) is 0 Å². The molecule has 4 aliphatic heterocycles. The molecule has 0 bridgehead atoms. The van der Waals surface area contributed by atoms with E-state index < -0.39 is 58.8 Å². The van der Waals surface area contributed by atoms with Gasteiger partial charge in [0.05, 0.1) is 31.5 Å². The number of ether oxygens (including phenoxy) is 3. The molecule has 0 aromatic heterocycles. The summed E-state index contributed by atoms with van der Waals surface area (Å²) < 4.78 is 30.2. The summed E-state index contributed by atoms with van der Waals surface area (Å²) in [5.74, 6) is -0.791. The van der Waals surface area contributed by atoms with Crippen LogP contribution in [0.3, 0.4) is 0 Å². The fraction of sp³-hybridized carbons (Fsp3) is 0.677. The van der Waals surface area contributed by atoms with Crippen molar-refractivity contribution in [1.29, 1.82) is 0 Å². The van der Waals surface area contributed by atoms with Gasteiger partial charge in [0.15, 0.2) is 6.10 Å². The van der Waals surface area contributed by atoms with Gasteiger partial charge in [-0.3, -0.25) is 9.69 Å². The zero-order valence-corrected chi connectivity index (χ0v) is 26.1. The molecule has 1 saturated carbocycles. The highest BCUT2D eigenvalue weighted by atomic mass is 16.7. The van der Waals surface area contributed by atoms with Gasteiger partial charge in [0.25, 0.3) is 0 Å². The summed E-state index contributed by atoms with van der Waals surface area (Å²) in [6.07, 6.45) is 4.19. The number of hydrogen-bond donors (Lipinski definition) is 1. The smallest absolute Gasteiger partial charge is 0.497 e. The number of methoxy groups -OCH3 is 2. The van der Waals surface area contributed by atoms with Crippen molar-refractivity contribution in [2.24, 2.45) is 5.41 Å². The number of rotatable bonds is 5. The number of anilines is 1. The highest BCUT2D eigenvalue weighted by molar-refractivity contribution is 6.63. The average Bonchev–Trinajstić information content (AvgIpc) is 3.52. The van der Waals surface area contributed by atoms with E-state index in [1.165, 1.54) is 14.0 Å². The van der Waals surface area contributed by atoms with Crippen molar-refractivity contribution < 1.29 is 38.2 Å². The van der Waals surface area contributed by atoms with Crippen LogP contribution in [0, 0.1) is 5.41 Å². The van der Waals surface area contributed by atoms with Crippen LogP contribution in [0.4, 0.5) is 5.69 Å². The van der Waals surface area contributed by atoms with E-state index in [2.05, 4.69) is 23.1 Å². The van der Waals surface area contributed by atoms with Gasteiger partial charge in [0.1, 0.15) is 5.75 Å². The molecule has 0 unspecified atom stereocenters. The first-order chi connectivity index (χ1) is 19.7. The summed E-state index contributed by atoms with van der Waals surface area (Å²) >= 11 is 0. The molecule has 1 N–H and O–H groups in total. The van der Waals surface area contributed by atoms with Crippen LogP contribution in [-0.2, 0) is 33.8 Å². The topological polar surface area (TPSA) is 107 Å². The molecule has 11 heteroatoms. The number of hydrogen-bond acceptors (Lipinski definition) is 10. The number of esters is 2. The summed E-state index contributed by atoms with van der Waals surface area (Å²) in [4.78, 5) is 30.9. The molecule has 2 saturated heterocycles. The molecule has 228 valence electrons. The second-order valence-corrected chi connectivity index (χ2v) is 13.6. The lowest BCUT2D eigenvalue weighted by Gasteiger charge is -2.63. The summed E-state index contributed by atoms with van der Waals surface area (Å²) in [6.45, 7) is 12.9. The largest absolute Gasteiger partial charge is 0.498 e. The Kier molecular flexibility index (Phi) is 6.46. The Labute approximate surface area is 248 Å². The maximum atomic E-state index is 13.9. The molecule has 42 heavy (non-hydrogen) atoms. The minimum atomic E-state index is -2.17. The third kappa shape index (κ3) is 3.42. The van der Waals surface area contributed by atoms with Crippen LogP contribution in [0.1, 0.15) is 59.9 Å². The van der Waals surface area contributed by atoms with Crippen LogP contribution in [0.2, 0.25) is 0 Å². The Balaban J connectivity index is 1.64. The minimum Gasteiger partial charge on any atom is -0.497 e. The maximum Gasteiger partial charge on any atom is 0.498 e. The number of carbonyl (C=O) groups is 2. The lowest BCUT2D eigenvalue weighted by atomic mass is 9.47. The highest BCUT2D eigenvalue weighted by Gasteiger charge is 2.80. The predicted octanol–water partition coefficient (Wildman–Crippen LogP) is 1.94. The maximum absolute atomic E-state index is 13.9. The van der Waals surface area contributed by atoms with Gasteiger partial charge in [-0.2, -0.15) is 0 Å². The first-order valence-electron chi connectivity index (χ1n) is 14.9. The molecule has 4 heterocycles. The van der Waals surface area contributed by atoms with Crippen molar-refractivity contribution in [3.05, 3.63) is 29.8 Å². The second-order valence-electron chi connectivity index (χ2n) is 13.6. The van der Waals surface area contributed by atoms with Crippen molar-refractivity contribution in [3.63, 3.8) is 0 Å². The Morgan fingerprint density at radius 3 is 2.36 bits per heavy atom. The van der Waals surface area contributed by atoms with Crippen molar-refractivity contribution in [3.8, 4) is 5.75 Å². The summed E-state index contributed by atoms with van der Waals surface area (Å²) in [6, 6.07) is 3.11. The van der Waals surface area contributed by atoms with Crippen LogP contribution < -0.4 is 15.1 Å². The SMILES string of the molecule is CC[C@]12C=CCN3CC[C@@]4(c5cc(B6OC(C)(C)C(C)(C)O6)c(OC)cc5N(C)[C@H]4[C@@](O)(C(=O)OC)[C@@H]1OC(C)=O)[C@@H]32. The van der Waals surface area contributed by atoms with Crippen LogP contribution >= 0.6 is 0 Å². The number of carbonyl (C=O) groups excluding carboxylic acids is 2. The van der Waals surface area contributed by atoms with Crippen LogP contribution in [0.15, 0.2) is 24.3 Å². The molecule has 1 spiro atoms. The number of fused-ring (bicyclic) bond motifs is 1. The zero-order valence-electron chi connectivity index (χ0n) is 26.1. The van der Waals surface area contributed by atoms with E-state index in [1.54, 1.807) is 7.11 Å². The summed E-state index contributed by atoms with van der Waals surface area (Å²) in [5.41, 5.74) is -2.26. The van der Waals surface area contributed by atoms with E-state index in [0.29, 0.717) is 18.6 Å². The number of aliphatic hydroxyl groups is 1. The van der Waals surface area contributed by atoms with Crippen LogP contribution in [0.25, 0.3) is 0 Å². The summed E-state index contributed by atoms with van der Waals surface area (Å²) in [7, 11) is 4.09. The van der Waals surface area contributed by atoms with Crippen molar-refractivity contribution >= 4 is 30.2 Å². The van der Waals surface area contributed by atoms with Crippen LogP contribution in [0.5, 0.6) is 5.75 Å². The van der Waals surface area contributed by atoms with Gasteiger partial charge in [-0.1, -0.05) is 25.1 Å². The van der Waals surface area contributed by atoms with Crippen LogP contribution in [-0.4, -0.2) is 98.4 Å². The first kappa shape index (κ1) is 29.5. The molecule has 10 nitrogen and oxygen atoms in total. The average molecular weight is 583 g/mol. The molecule has 0 radical (unpaired) electrons. The van der Waals surface area contributed by atoms with E-state index >= 15 is 0 Å². The fourth-order valence-corrected chi connectivity index (χ4v) is 8.93. The normalized spacial score (nSPS) is 37.2. The Morgan fingerprint density at radius 2 is 1.79 bits per heavy atom. The highest BCUT2D eigenvalue weighted by Crippen LogP contribution is 2.67. The standard InChI is InChI=1S/C31H43BN2O8/c1-10-29-12-11-14-34-15-13-30(23(29)34)19-16-20(32-41-27(3,4)28(5,6)42-32)22(38-8)17-21(19)33(7)24(30)31(37,26(36)39-9)25(29)40-18(2)35/h11-12,16-17,23-25,37H,10,13-15H2,1-9H3/t23-,24+,25+,29+,30+,31-/m0/s1. The van der Waals surface area contributed by atoms with E-state index in [4.69, 9.17) is 23.5 Å². The van der Waals surface area contributed by atoms with E-state index in [9.17, 15) is 14.7 Å². The molecule has 1 aromatic rings. The van der Waals surface area contributed by atoms with Gasteiger partial charge in [0, 0.05) is 54.6 Å². The van der Waals surface area contributed by atoms with Gasteiger partial charge in [-0.05, 0) is 52.6 Å². The zero-order chi connectivity index (χ0) is 30.6. The molecule has 6 rings (SSSR count). The number of likely N-dealkylation sites (N-methyl/N-ethyl adjacent to an activating group) is 1. The Hall–Kier alpha value is -2.60. The molecular formula is C31H43BN2O8. The molecule has 5 aliphatic rings. The van der Waals surface area contributed by atoms with Gasteiger partial charge < -0.3 is 33.5 Å². The lowest BCUT2D eigenvalue weighted by Crippen LogP contribution is -2.81. The third-order valence-corrected chi connectivity index (χ3v) is 11.3. The molecule has 1 aromatic carbocycles. The van der Waals surface area contributed by atoms with Crippen molar-refractivity contribution in [2.45, 2.75) is 94.8 Å². The van der Waals surface area contributed by atoms with Gasteiger partial charge in [0.2, 0.25) is 5.60 Å². The number of nitrogens with zero attached hydrogens (tertiary/aromatic N) is 2. The Morgan fingerprint density at radius 1 is 1.12 bits per heavy atom. The van der Waals surface area contributed by atoms with E-state index in [0.717, 1.165) is 29.8 Å². The third-order valence-electron chi connectivity index (χ3n) is 11.3. The van der Waals surface area contributed by atoms with Crippen molar-refractivity contribution in [1.82, 2.24) is 4.90 Å². The second kappa shape index (κ2) is 9.20. The molecule has 0 amide bonds. The predicted molar refractivity (Wildman–Crippen MR) is 157 cm³/mol. The Bertz CT molecular complexity index is 1350. The first-order valence-corrected chi connectivity index (χ1v) is 14.9. The number of benzene rings is 1. The molecular weight excluding hydrogens is 539 g/mol. The van der Waals surface area contributed by atoms with E-state index in [-0.39, 0.29) is 6.04 Å². The lowest BCUT2D eigenvalue weighted by molar-refractivity contribution is -0.228. The minimum absolute atomic E-state index is 0.164. The molecule has 6 atom stereocenters. The van der Waals surface area contributed by atoms with Gasteiger partial charge >= 0.3 is 19.1 Å². The monoisotopic (exact) mass is 582 g/mol. The quantitative estimate of drug-likeness (QED) is 0.315. The fourth-order valence-electron chi connectivity index (χ4n) is 8.93. The van der Waals surface area contributed by atoms with Crippen molar-refractivity contribution in [2.75, 3.05) is 39.3 Å². The molecule has 3 fully saturated rings. The summed E-state index contributed by atoms with van der Waals surface area (Å²) in [5, 5.41) is 12.8.